The standard InChI is InChI=1S/C9H19N2.ClHO4/c1-6-9(7-10(2)3)8-11(4)5;2-1(3,4)5/h7-8H,6H2,1-5H3;(H,2,3,4,5)/q+1;/p-1. The third-order valence-corrected chi connectivity index (χ3v) is 1.26. The van der Waals surface area contributed by atoms with Crippen molar-refractivity contribution in [3.8, 4) is 0 Å². The van der Waals surface area contributed by atoms with Gasteiger partial charge in [-0.15, -0.1) is 10.2 Å². The molecule has 0 aliphatic rings. The van der Waals surface area contributed by atoms with Crippen LogP contribution in [0.4, 0.5) is 0 Å². The van der Waals surface area contributed by atoms with Gasteiger partial charge in [0.05, 0.1) is 0 Å². The minimum absolute atomic E-state index is 1.08. The molecule has 0 heterocycles. The van der Waals surface area contributed by atoms with Gasteiger partial charge >= 0.3 is 0 Å². The lowest BCUT2D eigenvalue weighted by Crippen LogP contribution is -2.68. The number of halogens is 1. The van der Waals surface area contributed by atoms with Crippen LogP contribution in [0.1, 0.15) is 13.3 Å². The minimum atomic E-state index is -4.94. The van der Waals surface area contributed by atoms with Crippen molar-refractivity contribution in [3.63, 3.8) is 0 Å². The lowest BCUT2D eigenvalue weighted by atomic mass is 10.2. The number of hydrogen-bond acceptors (Lipinski definition) is 5. The van der Waals surface area contributed by atoms with Gasteiger partial charge in [0.15, 0.2) is 6.21 Å². The van der Waals surface area contributed by atoms with Crippen molar-refractivity contribution in [1.29, 1.82) is 0 Å². The van der Waals surface area contributed by atoms with Crippen LogP contribution in [0.5, 0.6) is 0 Å². The Morgan fingerprint density at radius 1 is 1.19 bits per heavy atom. The van der Waals surface area contributed by atoms with Crippen LogP contribution in [0.15, 0.2) is 11.8 Å². The average Bonchev–Trinajstić information content (AvgIpc) is 1.97. The van der Waals surface area contributed by atoms with E-state index in [1.165, 1.54) is 5.57 Å². The minimum Gasteiger partial charge on any atom is -0.383 e. The normalized spacial score (nSPS) is 11.4. The van der Waals surface area contributed by atoms with E-state index in [2.05, 4.69) is 28.8 Å². The first-order chi connectivity index (χ1) is 7.06. The maximum atomic E-state index is 8.49. The smallest absolute Gasteiger partial charge is 0.167 e. The Labute approximate surface area is 98.5 Å². The molecule has 0 unspecified atom stereocenters. The third-order valence-electron chi connectivity index (χ3n) is 1.26. The van der Waals surface area contributed by atoms with Crippen LogP contribution >= 0.6 is 0 Å². The van der Waals surface area contributed by atoms with Crippen LogP contribution in [0.3, 0.4) is 0 Å². The highest BCUT2D eigenvalue weighted by atomic mass is 35.7. The van der Waals surface area contributed by atoms with Crippen molar-refractivity contribution in [2.24, 2.45) is 0 Å². The van der Waals surface area contributed by atoms with Gasteiger partial charge in [-0.2, -0.15) is 0 Å². The number of allylic oxidation sites excluding steroid dienone is 1. The lowest BCUT2D eigenvalue weighted by molar-refractivity contribution is -2.00. The molecule has 16 heavy (non-hydrogen) atoms. The van der Waals surface area contributed by atoms with E-state index in [4.69, 9.17) is 18.6 Å². The largest absolute Gasteiger partial charge is 0.383 e. The predicted molar refractivity (Wildman–Crippen MR) is 50.2 cm³/mol. The zero-order valence-corrected chi connectivity index (χ0v) is 11.0. The molecule has 0 aliphatic carbocycles. The van der Waals surface area contributed by atoms with Crippen LogP contribution in [-0.4, -0.2) is 43.9 Å². The van der Waals surface area contributed by atoms with Crippen molar-refractivity contribution in [2.75, 3.05) is 28.2 Å². The Bertz CT molecular complexity index is 236. The second-order valence-corrected chi connectivity index (χ2v) is 4.25. The van der Waals surface area contributed by atoms with E-state index >= 15 is 0 Å². The second-order valence-electron chi connectivity index (χ2n) is 3.49. The second kappa shape index (κ2) is 8.49. The lowest BCUT2D eigenvalue weighted by Gasteiger charge is -2.17. The molecule has 6 nitrogen and oxygen atoms in total. The first-order valence-electron chi connectivity index (χ1n) is 4.56. The van der Waals surface area contributed by atoms with Crippen LogP contribution in [0.25, 0.3) is 0 Å². The fourth-order valence-corrected chi connectivity index (χ4v) is 0.879. The monoisotopic (exact) mass is 254 g/mol. The van der Waals surface area contributed by atoms with Gasteiger partial charge in [-0.05, 0) is 6.42 Å². The van der Waals surface area contributed by atoms with Gasteiger partial charge in [-0.3, -0.25) is 0 Å². The van der Waals surface area contributed by atoms with Gasteiger partial charge in [0.25, 0.3) is 0 Å². The molecule has 96 valence electrons. The maximum absolute atomic E-state index is 8.49. The van der Waals surface area contributed by atoms with Crippen molar-refractivity contribution >= 4 is 6.21 Å². The van der Waals surface area contributed by atoms with Gasteiger partial charge in [0.1, 0.15) is 14.1 Å². The van der Waals surface area contributed by atoms with E-state index in [9.17, 15) is 0 Å². The average molecular weight is 255 g/mol. The maximum Gasteiger partial charge on any atom is 0.167 e. The zero-order chi connectivity index (χ0) is 13.4. The van der Waals surface area contributed by atoms with E-state index in [1.54, 1.807) is 0 Å². The summed E-state index contributed by atoms with van der Waals surface area (Å²) in [5.74, 6) is 0. The topological polar surface area (TPSA) is 98.5 Å². The Morgan fingerprint density at radius 3 is 1.75 bits per heavy atom. The van der Waals surface area contributed by atoms with Gasteiger partial charge in [-0.25, -0.2) is 23.2 Å². The fourth-order valence-electron chi connectivity index (χ4n) is 0.879. The van der Waals surface area contributed by atoms with Gasteiger partial charge < -0.3 is 4.90 Å². The number of rotatable bonds is 3. The number of hydrogen-bond donors (Lipinski definition) is 0. The van der Waals surface area contributed by atoms with E-state index in [-0.39, 0.29) is 0 Å². The van der Waals surface area contributed by atoms with Crippen molar-refractivity contribution in [2.45, 2.75) is 13.3 Å². The summed E-state index contributed by atoms with van der Waals surface area (Å²) in [6.45, 7) is 2.16. The quantitative estimate of drug-likeness (QED) is 0.383. The molecule has 0 aromatic heterocycles. The van der Waals surface area contributed by atoms with E-state index < -0.39 is 10.2 Å². The summed E-state index contributed by atoms with van der Waals surface area (Å²) in [6.07, 6.45) is 5.36. The van der Waals surface area contributed by atoms with Crippen molar-refractivity contribution in [3.05, 3.63) is 11.8 Å². The van der Waals surface area contributed by atoms with Crippen LogP contribution in [0.2, 0.25) is 0 Å². The highest BCUT2D eigenvalue weighted by molar-refractivity contribution is 5.73. The molecule has 0 radical (unpaired) electrons. The fraction of sp³-hybridized carbons (Fsp3) is 0.667. The van der Waals surface area contributed by atoms with Crippen molar-refractivity contribution in [1.82, 2.24) is 4.90 Å². The molecular weight excluding hydrogens is 236 g/mol. The third kappa shape index (κ3) is 23.3. The Morgan fingerprint density at radius 2 is 1.56 bits per heavy atom. The summed E-state index contributed by atoms with van der Waals surface area (Å²) >= 11 is 0. The molecule has 0 fully saturated rings. The first kappa shape index (κ1) is 17.7. The molecule has 0 spiro atoms. The van der Waals surface area contributed by atoms with Gasteiger partial charge in [0, 0.05) is 25.9 Å². The molecule has 0 aromatic rings. The molecule has 0 aromatic carbocycles. The first-order valence-corrected chi connectivity index (χ1v) is 5.79. The van der Waals surface area contributed by atoms with Gasteiger partial charge in [0.2, 0.25) is 0 Å². The molecule has 0 saturated carbocycles. The van der Waals surface area contributed by atoms with Crippen LogP contribution in [0, 0.1) is 10.2 Å². The summed E-state index contributed by atoms with van der Waals surface area (Å²) in [4.78, 5) is 2.07. The SMILES string of the molecule is CC/C(C=[N+](C)C)=C\N(C)C.[O-][Cl+3]([O-])([O-])[O-]. The van der Waals surface area contributed by atoms with Gasteiger partial charge in [-0.1, -0.05) is 6.92 Å². The molecule has 7 heteroatoms. The molecule has 0 N–H and O–H groups in total. The Kier molecular flexibility index (Phi) is 9.40. The summed E-state index contributed by atoms with van der Waals surface area (Å²) in [5, 5.41) is 0. The Balaban J connectivity index is 0. The van der Waals surface area contributed by atoms with E-state index in [0.29, 0.717) is 0 Å². The van der Waals surface area contributed by atoms with E-state index in [1.807, 2.05) is 28.2 Å². The van der Waals surface area contributed by atoms with Crippen LogP contribution in [-0.2, 0) is 0 Å². The molecule has 0 atom stereocenters. The van der Waals surface area contributed by atoms with Crippen LogP contribution < -0.4 is 18.6 Å². The summed E-state index contributed by atoms with van der Waals surface area (Å²) < 4.78 is 36.0. The summed E-state index contributed by atoms with van der Waals surface area (Å²) in [7, 11) is 3.22. The van der Waals surface area contributed by atoms with E-state index in [0.717, 1.165) is 6.42 Å². The highest BCUT2D eigenvalue weighted by Crippen LogP contribution is 1.96. The highest BCUT2D eigenvalue weighted by Gasteiger charge is 1.94. The summed E-state index contributed by atoms with van der Waals surface area (Å²) in [6, 6.07) is 0. The Hall–Kier alpha value is -0.660. The molecular formula is C9H19ClN2O4. The summed E-state index contributed by atoms with van der Waals surface area (Å²) in [5.41, 5.74) is 1.35. The van der Waals surface area contributed by atoms with Crippen molar-refractivity contribution < 1.29 is 33.5 Å². The molecule has 0 bridgehead atoms. The molecule has 0 saturated heterocycles. The molecule has 0 amide bonds. The molecule has 0 rings (SSSR count). The number of nitrogens with zero attached hydrogens (tertiary/aromatic N) is 2. The zero-order valence-electron chi connectivity index (χ0n) is 10.3. The predicted octanol–water partition coefficient (Wildman–Crippen LogP) is -3.57. The molecule has 0 aliphatic heterocycles.